The van der Waals surface area contributed by atoms with Crippen LogP contribution in [0.25, 0.3) is 10.9 Å². The number of aliphatic carboxylic acids is 1. The van der Waals surface area contributed by atoms with Gasteiger partial charge in [-0.3, -0.25) is 43.2 Å². The molecule has 8 amide bonds. The highest BCUT2D eigenvalue weighted by Crippen LogP contribution is 2.43. The molecule has 8 N–H and O–H groups in total. The number of rotatable bonds is 13. The summed E-state index contributed by atoms with van der Waals surface area (Å²) in [5.74, 6) is -5.32. The Morgan fingerprint density at radius 3 is 2.14 bits per heavy atom. The van der Waals surface area contributed by atoms with Gasteiger partial charge in [0.15, 0.2) is 0 Å². The smallest absolute Gasteiger partial charge is 0.305 e. The summed E-state index contributed by atoms with van der Waals surface area (Å²) in [5.41, 5.74) is 7.85. The Hall–Kier alpha value is -6.01. The van der Waals surface area contributed by atoms with Gasteiger partial charge in [0.05, 0.1) is 6.42 Å². The SMILES string of the molecule is CCCC[C@H](NC(C)=O)C(=O)N1[C@H](C(N)=O)CCCCNC(=O)[C@H](Cc2c[nH]c3ccccc23)NC(=O)C2CCCCN2C(=O)[C@@H](CC2CCC(C3CCCCC3)CC2)NC(=O)C2CC3CCCCC3N2C(=O)[C@@H]1CC(=O)O. The number of aromatic nitrogens is 1. The van der Waals surface area contributed by atoms with Gasteiger partial charge in [-0.05, 0) is 119 Å². The van der Waals surface area contributed by atoms with Crippen LogP contribution in [0.5, 0.6) is 0 Å². The number of H-pyrrole nitrogens is 1. The van der Waals surface area contributed by atoms with Gasteiger partial charge in [0.1, 0.15) is 42.3 Å². The van der Waals surface area contributed by atoms with Gasteiger partial charge in [-0.15, -0.1) is 0 Å². The molecule has 1 aromatic heterocycles. The number of nitrogens with zero attached hydrogens (tertiary/aromatic N) is 3. The second-order valence-corrected chi connectivity index (χ2v) is 23.7. The summed E-state index contributed by atoms with van der Waals surface area (Å²) in [5, 5.41) is 23.4. The highest BCUT2D eigenvalue weighted by atomic mass is 16.4. The molecule has 19 heteroatoms. The predicted octanol–water partition coefficient (Wildman–Crippen LogP) is 5.52. The van der Waals surface area contributed by atoms with E-state index in [4.69, 9.17) is 5.73 Å². The summed E-state index contributed by atoms with van der Waals surface area (Å²) in [6.07, 6.45) is 17.6. The molecule has 3 saturated heterocycles. The van der Waals surface area contributed by atoms with Crippen LogP contribution >= 0.6 is 0 Å². The second kappa shape index (κ2) is 27.2. The third-order valence-electron chi connectivity index (χ3n) is 18.5. The van der Waals surface area contributed by atoms with Crippen molar-refractivity contribution in [3.05, 3.63) is 36.0 Å². The van der Waals surface area contributed by atoms with Crippen molar-refractivity contribution in [3.8, 4) is 0 Å². The fourth-order valence-electron chi connectivity index (χ4n) is 14.5. The number of carboxylic acid groups (broad SMARTS) is 1. The second-order valence-electron chi connectivity index (χ2n) is 23.7. The lowest BCUT2D eigenvalue weighted by atomic mass is 9.70. The molecule has 3 aliphatic heterocycles. The molecule has 78 heavy (non-hydrogen) atoms. The quantitative estimate of drug-likeness (QED) is 0.132. The highest BCUT2D eigenvalue weighted by Gasteiger charge is 2.53. The molecule has 4 heterocycles. The lowest BCUT2D eigenvalue weighted by Gasteiger charge is -2.42. The topological polar surface area (TPSA) is 274 Å². The molecule has 9 atom stereocenters. The molecule has 1 aromatic carbocycles. The van der Waals surface area contributed by atoms with E-state index in [1.807, 2.05) is 37.4 Å². The number of nitrogens with one attached hydrogen (secondary N) is 5. The van der Waals surface area contributed by atoms with E-state index in [-0.39, 0.29) is 63.5 Å². The molecule has 0 bridgehead atoms. The van der Waals surface area contributed by atoms with Crippen LogP contribution in [0.15, 0.2) is 30.5 Å². The Labute approximate surface area is 459 Å². The fraction of sp³-hybridized carbons (Fsp3) is 0.712. The van der Waals surface area contributed by atoms with Crippen LogP contribution in [0.2, 0.25) is 0 Å². The van der Waals surface area contributed by atoms with E-state index >= 15 is 19.2 Å². The number of primary amides is 1. The van der Waals surface area contributed by atoms with Crippen LogP contribution in [0, 0.1) is 23.7 Å². The number of fused-ring (bicyclic) bond motifs is 5. The maximum atomic E-state index is 15.8. The molecule has 428 valence electrons. The normalized spacial score (nSPS) is 29.9. The van der Waals surface area contributed by atoms with Gasteiger partial charge in [-0.25, -0.2) is 0 Å². The summed E-state index contributed by atoms with van der Waals surface area (Å²) in [6, 6.07) is -1.68. The first-order valence-electron chi connectivity index (χ1n) is 29.8. The monoisotopic (exact) mass is 1080 g/mol. The van der Waals surface area contributed by atoms with Gasteiger partial charge >= 0.3 is 5.97 Å². The van der Waals surface area contributed by atoms with E-state index in [1.165, 1.54) is 43.9 Å². The van der Waals surface area contributed by atoms with Gasteiger partial charge in [-0.1, -0.05) is 95.8 Å². The summed E-state index contributed by atoms with van der Waals surface area (Å²) in [7, 11) is 0. The third kappa shape index (κ3) is 14.0. The van der Waals surface area contributed by atoms with E-state index in [0.29, 0.717) is 63.2 Å². The molecule has 2 aromatic rings. The molecule has 3 aliphatic carbocycles. The Balaban J connectivity index is 1.19. The maximum absolute atomic E-state index is 15.8. The minimum Gasteiger partial charge on any atom is -0.481 e. The van der Waals surface area contributed by atoms with Crippen molar-refractivity contribution >= 4 is 64.1 Å². The number of para-hydroxylation sites is 1. The minimum atomic E-state index is -1.82. The number of carbonyl (C=O) groups is 9. The zero-order valence-corrected chi connectivity index (χ0v) is 46.2. The molecule has 19 nitrogen and oxygen atoms in total. The van der Waals surface area contributed by atoms with Crippen molar-refractivity contribution in [2.75, 3.05) is 13.1 Å². The van der Waals surface area contributed by atoms with Crippen LogP contribution in [-0.4, -0.2) is 139 Å². The van der Waals surface area contributed by atoms with Crippen molar-refractivity contribution in [3.63, 3.8) is 0 Å². The zero-order valence-electron chi connectivity index (χ0n) is 46.2. The molecule has 8 rings (SSSR count). The zero-order chi connectivity index (χ0) is 55.5. The van der Waals surface area contributed by atoms with Gasteiger partial charge < -0.3 is 51.8 Å². The molecular formula is C59H87N9O10. The Kier molecular flexibility index (Phi) is 20.3. The summed E-state index contributed by atoms with van der Waals surface area (Å²) >= 11 is 0. The number of carbonyl (C=O) groups excluding carboxylic acids is 8. The van der Waals surface area contributed by atoms with Gasteiger partial charge in [-0.2, -0.15) is 0 Å². The first kappa shape index (κ1) is 58.1. The van der Waals surface area contributed by atoms with Crippen molar-refractivity contribution in [1.29, 1.82) is 0 Å². The number of hydrogen-bond acceptors (Lipinski definition) is 9. The largest absolute Gasteiger partial charge is 0.481 e. The van der Waals surface area contributed by atoms with Gasteiger partial charge in [0, 0.05) is 49.6 Å². The van der Waals surface area contributed by atoms with Crippen LogP contribution in [0.4, 0.5) is 0 Å². The van der Waals surface area contributed by atoms with Crippen LogP contribution in [-0.2, 0) is 49.6 Å². The number of unbranched alkanes of at least 4 members (excludes halogenated alkanes) is 1. The molecule has 3 saturated carbocycles. The first-order chi connectivity index (χ1) is 37.6. The number of nitrogens with two attached hydrogens (primary N) is 1. The number of carboxylic acids is 1. The highest BCUT2D eigenvalue weighted by molar-refractivity contribution is 6.00. The first-order valence-corrected chi connectivity index (χ1v) is 29.8. The Morgan fingerprint density at radius 2 is 1.41 bits per heavy atom. The minimum absolute atomic E-state index is 0.0750. The van der Waals surface area contributed by atoms with Crippen molar-refractivity contribution in [2.24, 2.45) is 29.4 Å². The molecular weight excluding hydrogens is 995 g/mol. The summed E-state index contributed by atoms with van der Waals surface area (Å²) in [4.78, 5) is 138. The summed E-state index contributed by atoms with van der Waals surface area (Å²) in [6.45, 7) is 3.49. The number of piperidine rings is 1. The van der Waals surface area contributed by atoms with E-state index < -0.39 is 108 Å². The van der Waals surface area contributed by atoms with Gasteiger partial charge in [0.2, 0.25) is 47.3 Å². The Bertz CT molecular complexity index is 2470. The maximum Gasteiger partial charge on any atom is 0.305 e. The average Bonchev–Trinajstić information content (AvgIpc) is 4.07. The van der Waals surface area contributed by atoms with E-state index in [2.05, 4.69) is 26.3 Å². The molecule has 0 spiro atoms. The van der Waals surface area contributed by atoms with Crippen LogP contribution < -0.4 is 27.0 Å². The predicted molar refractivity (Wildman–Crippen MR) is 293 cm³/mol. The molecule has 0 radical (unpaired) electrons. The van der Waals surface area contributed by atoms with Gasteiger partial charge in [0.25, 0.3) is 0 Å². The lowest BCUT2D eigenvalue weighted by molar-refractivity contribution is -0.159. The Morgan fingerprint density at radius 1 is 0.744 bits per heavy atom. The lowest BCUT2D eigenvalue weighted by Crippen LogP contribution is -2.64. The number of aromatic amines is 1. The van der Waals surface area contributed by atoms with E-state index in [1.54, 1.807) is 4.90 Å². The fourth-order valence-corrected chi connectivity index (χ4v) is 14.5. The van der Waals surface area contributed by atoms with Crippen molar-refractivity contribution in [1.82, 2.24) is 41.0 Å². The van der Waals surface area contributed by atoms with E-state index in [9.17, 15) is 29.1 Å². The van der Waals surface area contributed by atoms with Crippen LogP contribution in [0.1, 0.15) is 180 Å². The molecule has 6 fully saturated rings. The summed E-state index contributed by atoms with van der Waals surface area (Å²) < 4.78 is 0. The number of benzene rings is 1. The molecule has 6 aliphatic rings. The molecule has 4 unspecified atom stereocenters. The van der Waals surface area contributed by atoms with E-state index in [0.717, 1.165) is 59.9 Å². The number of hydrogen-bond donors (Lipinski definition) is 7. The average molecular weight is 1080 g/mol. The van der Waals surface area contributed by atoms with Crippen molar-refractivity contribution < 1.29 is 48.3 Å². The standard InChI is InChI=1S/C59H87N9O10/c1-3-4-20-44(63-36(2)69)58(77)68-48(53(60)72)23-12-14-29-61-54(73)45(32-41-35-62-43-21-10-9-19-42(41)43)64-55(74)49-24-13-15-30-66(49)57(76)46(31-37-25-27-39(28-26-37)38-16-6-5-7-17-38)65-56(75)50-33-40-18-8-11-22-47(40)67(50)59(78)51(68)34-52(70)71/h9-10,19,21,35,37-40,44-51,62H,3-8,11-18,20,22-34H2,1-2H3,(H2,60,72)(H,61,73)(H,63,69)(H,64,74)(H,65,75)(H,70,71)/t37?,39?,40?,44-,45-,46+,47?,48-,49?,50?,51-/m0/s1. The third-order valence-corrected chi connectivity index (χ3v) is 18.5. The van der Waals surface area contributed by atoms with Crippen molar-refractivity contribution in [2.45, 2.75) is 229 Å². The number of amides is 8. The van der Waals surface area contributed by atoms with Crippen LogP contribution in [0.3, 0.4) is 0 Å².